The fourth-order valence-corrected chi connectivity index (χ4v) is 1.75. The summed E-state index contributed by atoms with van der Waals surface area (Å²) in [5.74, 6) is -0.00999. The number of nitrogens with two attached hydrogens (primary N) is 1. The van der Waals surface area contributed by atoms with E-state index < -0.39 is 6.36 Å². The van der Waals surface area contributed by atoms with Gasteiger partial charge in [0.05, 0.1) is 0 Å². The summed E-state index contributed by atoms with van der Waals surface area (Å²) in [5, 5.41) is 0. The Kier molecular flexibility index (Phi) is 5.23. The molecule has 1 atom stereocenters. The number of halogens is 3. The van der Waals surface area contributed by atoms with Crippen LogP contribution in [0, 0.1) is 0 Å². The van der Waals surface area contributed by atoms with Gasteiger partial charge in [0, 0.05) is 6.04 Å². The van der Waals surface area contributed by atoms with Gasteiger partial charge in [0.15, 0.2) is 0 Å². The summed E-state index contributed by atoms with van der Waals surface area (Å²) < 4.78 is 40.8. The Labute approximate surface area is 111 Å². The third-order valence-electron chi connectivity index (χ3n) is 2.78. The smallest absolute Gasteiger partial charge is 0.406 e. The van der Waals surface area contributed by atoms with Crippen molar-refractivity contribution in [3.05, 3.63) is 29.3 Å². The summed E-state index contributed by atoms with van der Waals surface area (Å²) in [6.45, 7) is 5.74. The topological polar surface area (TPSA) is 35.2 Å². The van der Waals surface area contributed by atoms with Gasteiger partial charge in [-0.2, -0.15) is 0 Å². The largest absolute Gasteiger partial charge is 0.573 e. The van der Waals surface area contributed by atoms with Crippen molar-refractivity contribution in [1.82, 2.24) is 0 Å². The molecule has 108 valence electrons. The van der Waals surface area contributed by atoms with Gasteiger partial charge >= 0.3 is 6.36 Å². The van der Waals surface area contributed by atoms with Crippen LogP contribution in [0.15, 0.2) is 18.2 Å². The summed E-state index contributed by atoms with van der Waals surface area (Å²) in [7, 11) is 0. The van der Waals surface area contributed by atoms with Crippen LogP contribution in [0.1, 0.15) is 44.2 Å². The Morgan fingerprint density at radius 1 is 1.16 bits per heavy atom. The molecule has 0 saturated heterocycles. The minimum atomic E-state index is -4.66. The van der Waals surface area contributed by atoms with Gasteiger partial charge in [0.25, 0.3) is 0 Å². The molecule has 2 N–H and O–H groups in total. The van der Waals surface area contributed by atoms with Crippen LogP contribution in [0.4, 0.5) is 13.2 Å². The van der Waals surface area contributed by atoms with Gasteiger partial charge in [-0.1, -0.05) is 19.9 Å². The van der Waals surface area contributed by atoms with Crippen LogP contribution in [0.25, 0.3) is 0 Å². The van der Waals surface area contributed by atoms with Crippen molar-refractivity contribution in [2.45, 2.75) is 51.9 Å². The van der Waals surface area contributed by atoms with Crippen molar-refractivity contribution in [1.29, 1.82) is 0 Å². The molecule has 0 bridgehead atoms. The second-order valence-electron chi connectivity index (χ2n) is 5.13. The molecule has 19 heavy (non-hydrogen) atoms. The van der Waals surface area contributed by atoms with E-state index >= 15 is 0 Å². The van der Waals surface area contributed by atoms with E-state index in [1.165, 1.54) is 12.1 Å². The van der Waals surface area contributed by atoms with E-state index in [-0.39, 0.29) is 17.7 Å². The van der Waals surface area contributed by atoms with Crippen LogP contribution in [0.3, 0.4) is 0 Å². The number of ether oxygens (including phenoxy) is 1. The fourth-order valence-electron chi connectivity index (χ4n) is 1.75. The third kappa shape index (κ3) is 5.96. The van der Waals surface area contributed by atoms with E-state index in [1.807, 2.05) is 26.8 Å². The average molecular weight is 275 g/mol. The van der Waals surface area contributed by atoms with Gasteiger partial charge in [0.2, 0.25) is 0 Å². The van der Waals surface area contributed by atoms with Crippen molar-refractivity contribution in [2.75, 3.05) is 0 Å². The molecule has 5 heteroatoms. The van der Waals surface area contributed by atoms with Crippen LogP contribution in [-0.4, -0.2) is 12.4 Å². The van der Waals surface area contributed by atoms with Gasteiger partial charge in [0.1, 0.15) is 5.75 Å². The summed E-state index contributed by atoms with van der Waals surface area (Å²) in [6.07, 6.45) is -3.28. The van der Waals surface area contributed by atoms with E-state index in [0.717, 1.165) is 17.5 Å². The zero-order valence-corrected chi connectivity index (χ0v) is 11.4. The highest BCUT2D eigenvalue weighted by Crippen LogP contribution is 2.28. The van der Waals surface area contributed by atoms with Crippen molar-refractivity contribution >= 4 is 0 Å². The van der Waals surface area contributed by atoms with Crippen LogP contribution >= 0.6 is 0 Å². The lowest BCUT2D eigenvalue weighted by Crippen LogP contribution is -2.18. The lowest BCUT2D eigenvalue weighted by Gasteiger charge is -2.15. The van der Waals surface area contributed by atoms with E-state index in [2.05, 4.69) is 4.74 Å². The van der Waals surface area contributed by atoms with Gasteiger partial charge < -0.3 is 10.5 Å². The minimum Gasteiger partial charge on any atom is -0.406 e. The first kappa shape index (κ1) is 15.8. The highest BCUT2D eigenvalue weighted by Gasteiger charge is 2.31. The van der Waals surface area contributed by atoms with Gasteiger partial charge in [-0.05, 0) is 48.9 Å². The summed E-state index contributed by atoms with van der Waals surface area (Å²) in [5.41, 5.74) is 7.32. The maximum absolute atomic E-state index is 12.3. The Bertz CT molecular complexity index is 414. The molecule has 0 aromatic heterocycles. The highest BCUT2D eigenvalue weighted by molar-refractivity contribution is 5.36. The molecule has 0 fully saturated rings. The van der Waals surface area contributed by atoms with Crippen molar-refractivity contribution in [3.63, 3.8) is 0 Å². The Hall–Kier alpha value is -1.23. The first-order chi connectivity index (χ1) is 8.67. The van der Waals surface area contributed by atoms with Crippen molar-refractivity contribution in [2.24, 2.45) is 5.73 Å². The van der Waals surface area contributed by atoms with Gasteiger partial charge in [-0.15, -0.1) is 13.2 Å². The Balaban J connectivity index is 2.97. The normalized spacial score (nSPS) is 13.7. The summed E-state index contributed by atoms with van der Waals surface area (Å²) >= 11 is 0. The SMILES string of the molecule is CC(C)c1cc(CC[C@@H](C)N)cc(OC(F)(F)F)c1. The van der Waals surface area contributed by atoms with E-state index in [1.54, 1.807) is 0 Å². The molecule has 0 radical (unpaired) electrons. The zero-order chi connectivity index (χ0) is 14.6. The molecule has 1 rings (SSSR count). The van der Waals surface area contributed by atoms with E-state index in [9.17, 15) is 13.2 Å². The lowest BCUT2D eigenvalue weighted by molar-refractivity contribution is -0.274. The maximum Gasteiger partial charge on any atom is 0.573 e. The number of hydrogen-bond donors (Lipinski definition) is 1. The van der Waals surface area contributed by atoms with Crippen molar-refractivity contribution < 1.29 is 17.9 Å². The number of rotatable bonds is 5. The fraction of sp³-hybridized carbons (Fsp3) is 0.571. The Morgan fingerprint density at radius 2 is 1.79 bits per heavy atom. The van der Waals surface area contributed by atoms with Gasteiger partial charge in [-0.3, -0.25) is 0 Å². The molecular weight excluding hydrogens is 255 g/mol. The first-order valence-electron chi connectivity index (χ1n) is 6.32. The zero-order valence-electron chi connectivity index (χ0n) is 11.4. The third-order valence-corrected chi connectivity index (χ3v) is 2.78. The molecule has 0 heterocycles. The number of benzene rings is 1. The summed E-state index contributed by atoms with van der Waals surface area (Å²) in [6, 6.07) is 4.81. The predicted octanol–water partition coefficient (Wildman–Crippen LogP) is 3.99. The molecule has 0 amide bonds. The number of aryl methyl sites for hydroxylation is 1. The monoisotopic (exact) mass is 275 g/mol. The molecule has 0 aliphatic carbocycles. The molecule has 1 aromatic carbocycles. The molecule has 1 aromatic rings. The number of hydrogen-bond acceptors (Lipinski definition) is 2. The number of alkyl halides is 3. The second-order valence-corrected chi connectivity index (χ2v) is 5.13. The molecule has 0 saturated carbocycles. The molecule has 0 aliphatic rings. The molecule has 0 aliphatic heterocycles. The lowest BCUT2D eigenvalue weighted by atomic mass is 9.97. The molecule has 0 unspecified atom stereocenters. The van der Waals surface area contributed by atoms with E-state index in [0.29, 0.717) is 6.42 Å². The quantitative estimate of drug-likeness (QED) is 0.882. The molecule has 2 nitrogen and oxygen atoms in total. The first-order valence-corrected chi connectivity index (χ1v) is 6.32. The molecule has 0 spiro atoms. The Morgan fingerprint density at radius 3 is 2.26 bits per heavy atom. The van der Waals surface area contributed by atoms with Crippen molar-refractivity contribution in [3.8, 4) is 5.75 Å². The van der Waals surface area contributed by atoms with E-state index in [4.69, 9.17) is 5.73 Å². The second kappa shape index (κ2) is 6.28. The van der Waals surface area contributed by atoms with Crippen LogP contribution in [0.5, 0.6) is 5.75 Å². The predicted molar refractivity (Wildman–Crippen MR) is 69.2 cm³/mol. The average Bonchev–Trinajstić information content (AvgIpc) is 2.23. The summed E-state index contributed by atoms with van der Waals surface area (Å²) in [4.78, 5) is 0. The van der Waals surface area contributed by atoms with Crippen LogP contribution in [-0.2, 0) is 6.42 Å². The standard InChI is InChI=1S/C14H20F3NO/c1-9(2)12-6-11(5-4-10(3)18)7-13(8-12)19-14(15,16)17/h6-10H,4-5,18H2,1-3H3/t10-/m1/s1. The minimum absolute atomic E-state index is 0.0229. The van der Waals surface area contributed by atoms with Crippen LogP contribution < -0.4 is 10.5 Å². The van der Waals surface area contributed by atoms with Gasteiger partial charge in [-0.25, -0.2) is 0 Å². The molecular formula is C14H20F3NO. The highest BCUT2D eigenvalue weighted by atomic mass is 19.4. The van der Waals surface area contributed by atoms with Crippen LogP contribution in [0.2, 0.25) is 0 Å². The maximum atomic E-state index is 12.3.